The number of ether oxygens (including phenoxy) is 3. The summed E-state index contributed by atoms with van der Waals surface area (Å²) >= 11 is 0. The molecule has 0 aliphatic carbocycles. The molecule has 9 nitrogen and oxygen atoms in total. The van der Waals surface area contributed by atoms with Gasteiger partial charge >= 0.3 is 0 Å². The highest BCUT2D eigenvalue weighted by Gasteiger charge is 2.27. The van der Waals surface area contributed by atoms with E-state index >= 15 is 0 Å². The Bertz CT molecular complexity index is 1180. The summed E-state index contributed by atoms with van der Waals surface area (Å²) in [7, 11) is 0.965. The monoisotopic (exact) mass is 574 g/mol. The van der Waals surface area contributed by atoms with Crippen LogP contribution < -0.4 is 19.1 Å². The van der Waals surface area contributed by atoms with Gasteiger partial charge in [0.25, 0.3) is 15.4 Å². The van der Waals surface area contributed by atoms with Gasteiger partial charge in [0, 0.05) is 38.1 Å². The largest absolute Gasteiger partial charge is 0.492 e. The van der Waals surface area contributed by atoms with E-state index in [9.17, 15) is 22.4 Å². The lowest BCUT2D eigenvalue weighted by molar-refractivity contribution is -0.125. The lowest BCUT2D eigenvalue weighted by Crippen LogP contribution is -2.27. The predicted molar refractivity (Wildman–Crippen MR) is 147 cm³/mol. The van der Waals surface area contributed by atoms with Crippen LogP contribution in [0.3, 0.4) is 0 Å². The molecule has 0 spiro atoms. The molecule has 0 aliphatic heterocycles. The van der Waals surface area contributed by atoms with Crippen molar-refractivity contribution in [3.63, 3.8) is 0 Å². The van der Waals surface area contributed by atoms with Crippen molar-refractivity contribution in [1.29, 1.82) is 0 Å². The first kappa shape index (κ1) is 30.9. The van der Waals surface area contributed by atoms with Crippen LogP contribution in [0.2, 0.25) is 0 Å². The quantitative estimate of drug-likeness (QED) is 0.147. The molecule has 204 valence electrons. The lowest BCUT2D eigenvalue weighted by atomic mass is 10.1. The second-order valence-corrected chi connectivity index (χ2v) is 12.2. The number of carbonyl (C=O) groups is 2. The van der Waals surface area contributed by atoms with Crippen LogP contribution in [0.4, 0.5) is 15.8 Å². The topological polar surface area (TPSA) is 111 Å². The van der Waals surface area contributed by atoms with E-state index in [4.69, 9.17) is 14.2 Å². The van der Waals surface area contributed by atoms with E-state index in [0.29, 0.717) is 12.9 Å². The molecule has 1 amide bonds. The number of carbonyl (C=O) groups excluding carboxylic acids is 2. The lowest BCUT2D eigenvalue weighted by Gasteiger charge is -2.23. The van der Waals surface area contributed by atoms with Crippen LogP contribution in [0.25, 0.3) is 0 Å². The number of nitrogens with one attached hydrogen (secondary N) is 1. The minimum atomic E-state index is -4.13. The molecule has 3 unspecified atom stereocenters. The molecular weight excluding hydrogens is 541 g/mol. The summed E-state index contributed by atoms with van der Waals surface area (Å²) in [5.41, 5.74) is 0.502. The molecule has 2 rings (SSSR count). The highest BCUT2D eigenvalue weighted by Crippen LogP contribution is 2.35. The number of benzene rings is 2. The number of hydrogen-bond acceptors (Lipinski definition) is 7. The Balaban J connectivity index is 2.28. The van der Waals surface area contributed by atoms with Crippen LogP contribution in [-0.4, -0.2) is 52.8 Å². The molecule has 2 aromatic rings. The highest BCUT2D eigenvalue weighted by atomic mass is 32.2. The molecule has 2 aromatic carbocycles. The average Bonchev–Trinajstić information content (AvgIpc) is 2.83. The number of anilines is 2. The molecule has 0 aliphatic rings. The molecule has 0 radical (unpaired) electrons. The van der Waals surface area contributed by atoms with Crippen LogP contribution in [0.15, 0.2) is 47.4 Å². The SMILES string of the molecule is CCCOCCC(C=O)C(=O)Nc1ccc(S(=O)(=O)N(C)c2cccc(OC(F)(P)P)c2)c(OCC)c1. The fourth-order valence-corrected chi connectivity index (χ4v) is 4.80. The van der Waals surface area contributed by atoms with Crippen molar-refractivity contribution in [3.8, 4) is 11.5 Å². The number of hydrogen-bond donors (Lipinski definition) is 1. The third kappa shape index (κ3) is 9.18. The predicted octanol–water partition coefficient (Wildman–Crippen LogP) is 4.19. The van der Waals surface area contributed by atoms with Crippen molar-refractivity contribution < 1.29 is 36.6 Å². The normalized spacial score (nSPS) is 12.5. The zero-order valence-electron chi connectivity index (χ0n) is 21.0. The second-order valence-electron chi connectivity index (χ2n) is 8.00. The molecule has 0 fully saturated rings. The summed E-state index contributed by atoms with van der Waals surface area (Å²) in [4.78, 5) is 23.8. The van der Waals surface area contributed by atoms with Crippen molar-refractivity contribution in [1.82, 2.24) is 0 Å². The third-order valence-corrected chi connectivity index (χ3v) is 7.09. The number of sulfonamides is 1. The van der Waals surface area contributed by atoms with Crippen LogP contribution in [0, 0.1) is 5.92 Å². The van der Waals surface area contributed by atoms with Gasteiger partial charge in [-0.1, -0.05) is 13.0 Å². The third-order valence-electron chi connectivity index (χ3n) is 5.03. The van der Waals surface area contributed by atoms with Crippen LogP contribution in [0.1, 0.15) is 26.7 Å². The van der Waals surface area contributed by atoms with Crippen molar-refractivity contribution in [3.05, 3.63) is 42.5 Å². The van der Waals surface area contributed by atoms with Gasteiger partial charge in [-0.3, -0.25) is 9.10 Å². The summed E-state index contributed by atoms with van der Waals surface area (Å²) < 4.78 is 57.8. The molecule has 0 bridgehead atoms. The van der Waals surface area contributed by atoms with Gasteiger partial charge in [-0.05, 0) is 62.5 Å². The summed E-state index contributed by atoms with van der Waals surface area (Å²) in [6.45, 7) is 4.63. The molecule has 37 heavy (non-hydrogen) atoms. The van der Waals surface area contributed by atoms with E-state index < -0.39 is 27.2 Å². The Kier molecular flexibility index (Phi) is 11.7. The zero-order valence-corrected chi connectivity index (χ0v) is 24.1. The minimum absolute atomic E-state index is 0.0196. The Morgan fingerprint density at radius 1 is 1.19 bits per heavy atom. The number of rotatable bonds is 15. The number of halogens is 1. The maximum atomic E-state index is 13.8. The molecule has 3 atom stereocenters. The summed E-state index contributed by atoms with van der Waals surface area (Å²) in [5, 5.41) is 0.524. The molecular formula is C24H33FN2O7P2S. The van der Waals surface area contributed by atoms with Gasteiger partial charge in [0.15, 0.2) is 0 Å². The Morgan fingerprint density at radius 3 is 2.54 bits per heavy atom. The van der Waals surface area contributed by atoms with Gasteiger partial charge in [0.1, 0.15) is 22.7 Å². The summed E-state index contributed by atoms with van der Waals surface area (Å²) in [6, 6.07) is 10.1. The van der Waals surface area contributed by atoms with Gasteiger partial charge in [-0.15, -0.1) is 0 Å². The van der Waals surface area contributed by atoms with E-state index in [1.807, 2.05) is 25.4 Å². The average molecular weight is 575 g/mol. The Hall–Kier alpha value is -2.32. The molecule has 0 aromatic heterocycles. The molecule has 13 heteroatoms. The summed E-state index contributed by atoms with van der Waals surface area (Å²) in [6.07, 6.45) is 1.61. The van der Waals surface area contributed by atoms with Gasteiger partial charge in [0.05, 0.1) is 18.2 Å². The first-order chi connectivity index (χ1) is 17.4. The van der Waals surface area contributed by atoms with Crippen LogP contribution in [0.5, 0.6) is 11.5 Å². The van der Waals surface area contributed by atoms with Gasteiger partial charge in [-0.25, -0.2) is 8.42 Å². The zero-order chi connectivity index (χ0) is 27.6. The van der Waals surface area contributed by atoms with E-state index in [-0.39, 0.29) is 47.4 Å². The fraction of sp³-hybridized carbons (Fsp3) is 0.417. The smallest absolute Gasteiger partial charge is 0.270 e. The first-order valence-electron chi connectivity index (χ1n) is 11.6. The number of nitrogens with zero attached hydrogens (tertiary/aromatic N) is 1. The standard InChI is InChI=1S/C24H33FN2O7P2S/c1-4-12-32-13-11-17(16-28)23(29)26-18-9-10-22(21(14-18)33-5-2)37(30,31)27(3)19-7-6-8-20(15-19)34-24(25,35)36/h6-10,14-17H,4-5,11-13,35-36H2,1-3H3,(H,26,29). The number of alkyl halides is 1. The Morgan fingerprint density at radius 2 is 1.92 bits per heavy atom. The maximum Gasteiger partial charge on any atom is 0.270 e. The number of aldehydes is 1. The highest BCUT2D eigenvalue weighted by molar-refractivity contribution is 7.92. The number of amides is 1. The van der Waals surface area contributed by atoms with Crippen LogP contribution >= 0.6 is 18.5 Å². The maximum absolute atomic E-state index is 13.8. The minimum Gasteiger partial charge on any atom is -0.492 e. The van der Waals surface area contributed by atoms with E-state index in [2.05, 4.69) is 5.32 Å². The molecule has 0 saturated heterocycles. The molecule has 0 saturated carbocycles. The first-order valence-corrected chi connectivity index (χ1v) is 14.2. The van der Waals surface area contributed by atoms with Crippen LogP contribution in [-0.2, 0) is 24.3 Å². The van der Waals surface area contributed by atoms with E-state index in [0.717, 1.165) is 10.7 Å². The summed E-state index contributed by atoms with van der Waals surface area (Å²) in [5.74, 6) is -1.30. The van der Waals surface area contributed by atoms with Gasteiger partial charge in [0.2, 0.25) is 5.91 Å². The van der Waals surface area contributed by atoms with Crippen molar-refractivity contribution in [2.45, 2.75) is 36.9 Å². The van der Waals surface area contributed by atoms with Crippen molar-refractivity contribution in [2.75, 3.05) is 36.5 Å². The van der Waals surface area contributed by atoms with Gasteiger partial charge in [-0.2, -0.15) is 4.39 Å². The van der Waals surface area contributed by atoms with Crippen molar-refractivity contribution in [2.24, 2.45) is 5.92 Å². The van der Waals surface area contributed by atoms with Crippen molar-refractivity contribution >= 4 is 52.1 Å². The Labute approximate surface area is 221 Å². The van der Waals surface area contributed by atoms with Gasteiger partial charge < -0.3 is 24.3 Å². The van der Waals surface area contributed by atoms with E-state index in [1.165, 1.54) is 49.5 Å². The molecule has 0 heterocycles. The van der Waals surface area contributed by atoms with E-state index in [1.54, 1.807) is 6.92 Å². The fourth-order valence-electron chi connectivity index (χ4n) is 3.23. The second kappa shape index (κ2) is 14.0. The molecule has 1 N–H and O–H groups in total.